The maximum Gasteiger partial charge on any atom is 0.257 e. The summed E-state index contributed by atoms with van der Waals surface area (Å²) in [6, 6.07) is 11.8. The van der Waals surface area contributed by atoms with Gasteiger partial charge in [-0.25, -0.2) is 9.37 Å². The van der Waals surface area contributed by atoms with Crippen molar-refractivity contribution in [2.45, 2.75) is 36.6 Å². The van der Waals surface area contributed by atoms with Crippen LogP contribution >= 0.6 is 11.8 Å². The van der Waals surface area contributed by atoms with E-state index in [1.165, 1.54) is 17.8 Å². The number of hydrogen-bond donors (Lipinski definition) is 2. The fraction of sp³-hybridized carbons (Fsp3) is 0.292. The number of nitrogens with zero attached hydrogens (tertiary/aromatic N) is 1. The smallest absolute Gasteiger partial charge is 0.257 e. The second-order valence-corrected chi connectivity index (χ2v) is 8.54. The molecule has 7 nitrogen and oxygen atoms in total. The number of ether oxygens (including phenoxy) is 2. The van der Waals surface area contributed by atoms with Crippen molar-refractivity contribution >= 4 is 23.5 Å². The van der Waals surface area contributed by atoms with E-state index < -0.39 is 5.92 Å². The van der Waals surface area contributed by atoms with Crippen molar-refractivity contribution in [3.05, 3.63) is 75.3 Å². The van der Waals surface area contributed by atoms with E-state index in [4.69, 9.17) is 9.47 Å². The third-order valence-corrected chi connectivity index (χ3v) is 6.23. The zero-order chi connectivity index (χ0) is 23.4. The van der Waals surface area contributed by atoms with Gasteiger partial charge in [-0.15, -0.1) is 0 Å². The fourth-order valence-corrected chi connectivity index (χ4v) is 4.54. The molecule has 4 rings (SSSR count). The van der Waals surface area contributed by atoms with Crippen LogP contribution in [0.4, 0.5) is 10.2 Å². The number of nitrogens with one attached hydrogen (secondary N) is 2. The van der Waals surface area contributed by atoms with Crippen LogP contribution in [0.1, 0.15) is 42.4 Å². The number of carbonyl (C=O) groups is 1. The van der Waals surface area contributed by atoms with E-state index in [2.05, 4.69) is 15.3 Å². The molecule has 0 saturated heterocycles. The monoisotopic (exact) mass is 469 g/mol. The summed E-state index contributed by atoms with van der Waals surface area (Å²) in [6.07, 6.45) is 0.969. The molecule has 2 N–H and O–H groups in total. The topological polar surface area (TPSA) is 93.3 Å². The highest BCUT2D eigenvalue weighted by molar-refractivity contribution is 7.98. The summed E-state index contributed by atoms with van der Waals surface area (Å²) < 4.78 is 25.1. The van der Waals surface area contributed by atoms with E-state index in [1.54, 1.807) is 37.4 Å². The minimum absolute atomic E-state index is 0.109. The van der Waals surface area contributed by atoms with Gasteiger partial charge in [0, 0.05) is 18.1 Å². The Hall–Kier alpha value is -3.33. The number of anilines is 1. The van der Waals surface area contributed by atoms with Gasteiger partial charge in [0.1, 0.15) is 11.6 Å². The largest absolute Gasteiger partial charge is 0.493 e. The third-order valence-electron chi connectivity index (χ3n) is 5.30. The highest BCUT2D eigenvalue weighted by Crippen LogP contribution is 2.38. The van der Waals surface area contributed by atoms with Crippen LogP contribution in [0, 0.1) is 5.82 Å². The Kier molecular flexibility index (Phi) is 6.98. The fourth-order valence-electron chi connectivity index (χ4n) is 3.70. The average Bonchev–Trinajstić information content (AvgIpc) is 2.81. The van der Waals surface area contributed by atoms with Crippen molar-refractivity contribution in [1.82, 2.24) is 9.97 Å². The van der Waals surface area contributed by atoms with Gasteiger partial charge >= 0.3 is 0 Å². The van der Waals surface area contributed by atoms with Crippen LogP contribution in [0.2, 0.25) is 0 Å². The van der Waals surface area contributed by atoms with Crippen molar-refractivity contribution in [3.63, 3.8) is 0 Å². The second-order valence-electron chi connectivity index (χ2n) is 7.58. The number of fused-ring (bicyclic) bond motifs is 1. The molecule has 0 aliphatic carbocycles. The lowest BCUT2D eigenvalue weighted by Crippen LogP contribution is -2.31. The number of aromatic amines is 1. The van der Waals surface area contributed by atoms with E-state index in [1.807, 2.05) is 13.0 Å². The number of carbonyl (C=O) groups excluding carboxylic acids is 1. The van der Waals surface area contributed by atoms with Crippen molar-refractivity contribution in [2.24, 2.45) is 0 Å². The molecule has 1 aromatic heterocycles. The molecular weight excluding hydrogens is 445 g/mol. The summed E-state index contributed by atoms with van der Waals surface area (Å²) in [4.78, 5) is 32.7. The molecule has 3 aromatic rings. The second kappa shape index (κ2) is 10.1. The molecule has 0 radical (unpaired) electrons. The summed E-state index contributed by atoms with van der Waals surface area (Å²) in [5.74, 6) is 0.624. The Morgan fingerprint density at radius 3 is 2.76 bits per heavy atom. The lowest BCUT2D eigenvalue weighted by atomic mass is 9.86. The lowest BCUT2D eigenvalue weighted by Gasteiger charge is -2.25. The maximum absolute atomic E-state index is 13.9. The van der Waals surface area contributed by atoms with Crippen LogP contribution in [0.3, 0.4) is 0 Å². The molecule has 1 aliphatic rings. The summed E-state index contributed by atoms with van der Waals surface area (Å²) in [7, 11) is 1.55. The molecule has 2 heterocycles. The Bertz CT molecular complexity index is 1230. The number of benzene rings is 2. The molecule has 1 atom stereocenters. The number of H-pyrrole nitrogens is 1. The van der Waals surface area contributed by atoms with E-state index in [-0.39, 0.29) is 29.5 Å². The van der Waals surface area contributed by atoms with Gasteiger partial charge in [-0.05, 0) is 35.7 Å². The Balaban J connectivity index is 1.64. The van der Waals surface area contributed by atoms with Crippen molar-refractivity contribution in [2.75, 3.05) is 19.0 Å². The van der Waals surface area contributed by atoms with Crippen LogP contribution in [0.15, 0.2) is 52.4 Å². The maximum atomic E-state index is 13.9. The Labute approximate surface area is 194 Å². The Morgan fingerprint density at radius 2 is 2.00 bits per heavy atom. The molecule has 0 fully saturated rings. The highest BCUT2D eigenvalue weighted by Gasteiger charge is 2.31. The number of thioether (sulfide) groups is 1. The van der Waals surface area contributed by atoms with Crippen molar-refractivity contribution in [3.8, 4) is 11.5 Å². The molecule has 172 valence electrons. The molecule has 0 spiro atoms. The van der Waals surface area contributed by atoms with Crippen LogP contribution in [-0.2, 0) is 10.5 Å². The minimum Gasteiger partial charge on any atom is -0.493 e. The zero-order valence-corrected chi connectivity index (χ0v) is 19.1. The standard InChI is InChI=1S/C24H24FN3O4S/c1-3-10-32-18-9-8-14(11-19(18)31-2)16-12-20(29)26-22-21(16)23(30)28-24(27-22)33-13-15-6-4-5-7-17(15)25/h4-9,11,16H,3,10,12-13H2,1-2H3,(H2,26,27,28,29,30). The van der Waals surface area contributed by atoms with Crippen LogP contribution in [0.5, 0.6) is 11.5 Å². The van der Waals surface area contributed by atoms with Crippen LogP contribution in [0.25, 0.3) is 0 Å². The molecule has 1 amide bonds. The van der Waals surface area contributed by atoms with Crippen LogP contribution in [-0.4, -0.2) is 29.6 Å². The molecule has 33 heavy (non-hydrogen) atoms. The van der Waals surface area contributed by atoms with Crippen molar-refractivity contribution < 1.29 is 18.7 Å². The number of methoxy groups -OCH3 is 1. The van der Waals surface area contributed by atoms with Gasteiger partial charge < -0.3 is 19.8 Å². The quantitative estimate of drug-likeness (QED) is 0.373. The van der Waals surface area contributed by atoms with Gasteiger partial charge in [0.25, 0.3) is 5.56 Å². The predicted octanol–water partition coefficient (Wildman–Crippen LogP) is 4.47. The van der Waals surface area contributed by atoms with E-state index in [9.17, 15) is 14.0 Å². The van der Waals surface area contributed by atoms with Gasteiger partial charge in [-0.3, -0.25) is 9.59 Å². The van der Waals surface area contributed by atoms with Gasteiger partial charge in [-0.2, -0.15) is 0 Å². The number of hydrogen-bond acceptors (Lipinski definition) is 6. The number of rotatable bonds is 8. The van der Waals surface area contributed by atoms with Gasteiger partial charge in [0.05, 0.1) is 19.3 Å². The molecule has 1 aliphatic heterocycles. The SMILES string of the molecule is CCCOc1ccc(C2CC(=O)Nc3nc(SCc4ccccc4F)[nH]c(=O)c32)cc1OC. The molecular formula is C24H24FN3O4S. The molecule has 1 unspecified atom stereocenters. The first kappa shape index (κ1) is 22.8. The van der Waals surface area contributed by atoms with E-state index >= 15 is 0 Å². The normalized spacial score (nSPS) is 15.0. The first-order valence-corrected chi connectivity index (χ1v) is 11.6. The average molecular weight is 470 g/mol. The van der Waals surface area contributed by atoms with Gasteiger partial charge in [0.15, 0.2) is 16.7 Å². The van der Waals surface area contributed by atoms with E-state index in [0.29, 0.717) is 40.1 Å². The predicted molar refractivity (Wildman–Crippen MR) is 125 cm³/mol. The summed E-state index contributed by atoms with van der Waals surface area (Å²) in [5, 5.41) is 3.01. The highest BCUT2D eigenvalue weighted by atomic mass is 32.2. The first-order valence-electron chi connectivity index (χ1n) is 10.6. The molecule has 0 bridgehead atoms. The zero-order valence-electron chi connectivity index (χ0n) is 18.3. The molecule has 2 aromatic carbocycles. The van der Waals surface area contributed by atoms with Crippen molar-refractivity contribution in [1.29, 1.82) is 0 Å². The van der Waals surface area contributed by atoms with Gasteiger partial charge in [-0.1, -0.05) is 43.0 Å². The Morgan fingerprint density at radius 1 is 1.18 bits per heavy atom. The van der Waals surface area contributed by atoms with Crippen LogP contribution < -0.4 is 20.3 Å². The lowest BCUT2D eigenvalue weighted by molar-refractivity contribution is -0.116. The molecule has 9 heteroatoms. The number of halogens is 1. The minimum atomic E-state index is -0.482. The summed E-state index contributed by atoms with van der Waals surface area (Å²) in [5.41, 5.74) is 1.30. The molecule has 0 saturated carbocycles. The third kappa shape index (κ3) is 5.03. The summed E-state index contributed by atoms with van der Waals surface area (Å²) in [6.45, 7) is 2.57. The number of aromatic nitrogens is 2. The number of amides is 1. The van der Waals surface area contributed by atoms with Gasteiger partial charge in [0.2, 0.25) is 5.91 Å². The van der Waals surface area contributed by atoms with E-state index in [0.717, 1.165) is 12.0 Å². The summed E-state index contributed by atoms with van der Waals surface area (Å²) >= 11 is 1.19. The first-order chi connectivity index (χ1) is 16.0.